The molecule has 2 amide bonds. The second kappa shape index (κ2) is 11.2. The Morgan fingerprint density at radius 2 is 1.82 bits per heavy atom. The molecule has 2 N–H and O–H groups in total. The first-order valence-electron chi connectivity index (χ1n) is 9.97. The molecule has 0 bridgehead atoms. The van der Waals surface area contributed by atoms with Gasteiger partial charge in [0.05, 0.1) is 22.9 Å². The lowest BCUT2D eigenvalue weighted by molar-refractivity contribution is 0.251. The minimum atomic E-state index is -0.404. The van der Waals surface area contributed by atoms with E-state index in [1.807, 2.05) is 18.2 Å². The number of anilines is 1. The van der Waals surface area contributed by atoms with Gasteiger partial charge in [0.25, 0.3) is 0 Å². The molecule has 174 valence electrons. The van der Waals surface area contributed by atoms with Gasteiger partial charge < -0.3 is 10.6 Å². The number of aromatic nitrogens is 3. The number of hydrogen-bond acceptors (Lipinski definition) is 4. The standard InChI is InChI=1S/C23H17BrCl2FN5OS/c24-17-3-1-2-4-19(17)29-22(33)28-12-21-30-31-23(34-13-14-5-8-16(27)9-6-14)32(21)20-11-15(25)7-10-18(20)26/h1-11H,12-13H2,(H2,28,29,33). The summed E-state index contributed by atoms with van der Waals surface area (Å²) in [5, 5.41) is 15.6. The molecule has 0 radical (unpaired) electrons. The first kappa shape index (κ1) is 24.5. The summed E-state index contributed by atoms with van der Waals surface area (Å²) in [7, 11) is 0. The van der Waals surface area contributed by atoms with Crippen LogP contribution in [-0.4, -0.2) is 20.8 Å². The van der Waals surface area contributed by atoms with Crippen LogP contribution in [0.3, 0.4) is 0 Å². The maximum absolute atomic E-state index is 13.2. The van der Waals surface area contributed by atoms with Crippen molar-refractivity contribution in [1.29, 1.82) is 0 Å². The number of thioether (sulfide) groups is 1. The summed E-state index contributed by atoms with van der Waals surface area (Å²) < 4.78 is 15.7. The molecule has 4 aromatic rings. The Hall–Kier alpha value is -2.59. The van der Waals surface area contributed by atoms with Crippen LogP contribution in [0.4, 0.5) is 14.9 Å². The van der Waals surface area contributed by atoms with Crippen LogP contribution < -0.4 is 10.6 Å². The van der Waals surface area contributed by atoms with E-state index in [-0.39, 0.29) is 12.4 Å². The van der Waals surface area contributed by atoms with E-state index in [2.05, 4.69) is 36.8 Å². The van der Waals surface area contributed by atoms with Gasteiger partial charge in [-0.15, -0.1) is 10.2 Å². The fourth-order valence-electron chi connectivity index (χ4n) is 3.02. The van der Waals surface area contributed by atoms with Crippen LogP contribution in [0.25, 0.3) is 5.69 Å². The first-order chi connectivity index (χ1) is 16.4. The van der Waals surface area contributed by atoms with Crippen LogP contribution in [0.15, 0.2) is 76.4 Å². The van der Waals surface area contributed by atoms with E-state index < -0.39 is 6.03 Å². The van der Waals surface area contributed by atoms with Crippen molar-refractivity contribution < 1.29 is 9.18 Å². The van der Waals surface area contributed by atoms with E-state index in [0.29, 0.717) is 38.2 Å². The predicted octanol–water partition coefficient (Wildman–Crippen LogP) is 7.09. The summed E-state index contributed by atoms with van der Waals surface area (Å²) in [5.74, 6) is 0.705. The topological polar surface area (TPSA) is 71.8 Å². The molecule has 4 rings (SSSR count). The lowest BCUT2D eigenvalue weighted by atomic mass is 10.2. The first-order valence-corrected chi connectivity index (χ1v) is 12.5. The minimum absolute atomic E-state index is 0.0865. The molecule has 0 atom stereocenters. The highest BCUT2D eigenvalue weighted by atomic mass is 79.9. The van der Waals surface area contributed by atoms with Crippen LogP contribution in [0, 0.1) is 5.82 Å². The molecule has 0 aliphatic carbocycles. The van der Waals surface area contributed by atoms with Crippen molar-refractivity contribution in [3.05, 3.63) is 98.5 Å². The van der Waals surface area contributed by atoms with Crippen molar-refractivity contribution in [3.63, 3.8) is 0 Å². The highest BCUT2D eigenvalue weighted by molar-refractivity contribution is 9.10. The minimum Gasteiger partial charge on any atom is -0.331 e. The van der Waals surface area contributed by atoms with Gasteiger partial charge in [-0.05, 0) is 64.0 Å². The van der Waals surface area contributed by atoms with E-state index >= 15 is 0 Å². The van der Waals surface area contributed by atoms with Gasteiger partial charge >= 0.3 is 6.03 Å². The zero-order valence-corrected chi connectivity index (χ0v) is 21.3. The van der Waals surface area contributed by atoms with Crippen molar-refractivity contribution in [2.45, 2.75) is 17.5 Å². The number of carbonyl (C=O) groups excluding carboxylic acids is 1. The Kier molecular flexibility index (Phi) is 8.10. The summed E-state index contributed by atoms with van der Waals surface area (Å²) >= 11 is 17.5. The summed E-state index contributed by atoms with van der Waals surface area (Å²) in [6, 6.07) is 18.2. The number of benzene rings is 3. The van der Waals surface area contributed by atoms with Gasteiger partial charge in [-0.1, -0.05) is 59.2 Å². The van der Waals surface area contributed by atoms with Gasteiger partial charge in [-0.25, -0.2) is 9.18 Å². The number of nitrogens with zero attached hydrogens (tertiary/aromatic N) is 3. The Balaban J connectivity index is 1.56. The van der Waals surface area contributed by atoms with Crippen LogP contribution in [-0.2, 0) is 12.3 Å². The van der Waals surface area contributed by atoms with E-state index in [0.717, 1.165) is 10.0 Å². The summed E-state index contributed by atoms with van der Waals surface area (Å²) in [4.78, 5) is 12.5. The summed E-state index contributed by atoms with van der Waals surface area (Å²) in [5.41, 5.74) is 2.14. The molecule has 1 heterocycles. The lowest BCUT2D eigenvalue weighted by Gasteiger charge is -2.13. The number of carbonyl (C=O) groups is 1. The highest BCUT2D eigenvalue weighted by Crippen LogP contribution is 2.31. The van der Waals surface area contributed by atoms with Crippen LogP contribution in [0.5, 0.6) is 0 Å². The Morgan fingerprint density at radius 3 is 2.59 bits per heavy atom. The SMILES string of the molecule is O=C(NCc1nnc(SCc2ccc(F)cc2)n1-c1cc(Cl)ccc1Cl)Nc1ccccc1Br. The largest absolute Gasteiger partial charge is 0.331 e. The molecule has 0 unspecified atom stereocenters. The monoisotopic (exact) mass is 579 g/mol. The molecule has 0 aliphatic heterocycles. The normalized spacial score (nSPS) is 10.8. The molecule has 0 aliphatic rings. The summed E-state index contributed by atoms with van der Waals surface area (Å²) in [6.07, 6.45) is 0. The number of nitrogens with one attached hydrogen (secondary N) is 2. The molecule has 6 nitrogen and oxygen atoms in total. The molecule has 0 fully saturated rings. The molecule has 0 saturated carbocycles. The van der Waals surface area contributed by atoms with Gasteiger partial charge in [-0.2, -0.15) is 0 Å². The lowest BCUT2D eigenvalue weighted by Crippen LogP contribution is -2.29. The van der Waals surface area contributed by atoms with Gasteiger partial charge in [-0.3, -0.25) is 4.57 Å². The summed E-state index contributed by atoms with van der Waals surface area (Å²) in [6.45, 7) is 0.0865. The molecule has 0 spiro atoms. The van der Waals surface area contributed by atoms with Gasteiger partial charge in [0.15, 0.2) is 11.0 Å². The molecule has 1 aromatic heterocycles. The maximum Gasteiger partial charge on any atom is 0.319 e. The van der Waals surface area contributed by atoms with E-state index in [1.54, 1.807) is 41.0 Å². The molecular weight excluding hydrogens is 564 g/mol. The van der Waals surface area contributed by atoms with Gasteiger partial charge in [0.1, 0.15) is 5.82 Å². The number of para-hydroxylation sites is 1. The van der Waals surface area contributed by atoms with Crippen molar-refractivity contribution >= 4 is 62.6 Å². The maximum atomic E-state index is 13.2. The van der Waals surface area contributed by atoms with Crippen molar-refractivity contribution in [2.75, 3.05) is 5.32 Å². The number of amides is 2. The molecule has 11 heteroatoms. The van der Waals surface area contributed by atoms with Crippen LogP contribution >= 0.6 is 50.9 Å². The number of halogens is 4. The Labute approximate surface area is 218 Å². The van der Waals surface area contributed by atoms with Crippen LogP contribution in [0.2, 0.25) is 10.0 Å². The molecular formula is C23H17BrCl2FN5OS. The van der Waals surface area contributed by atoms with Crippen LogP contribution in [0.1, 0.15) is 11.4 Å². The van der Waals surface area contributed by atoms with E-state index in [4.69, 9.17) is 23.2 Å². The zero-order chi connectivity index (χ0) is 24.1. The van der Waals surface area contributed by atoms with Gasteiger partial charge in [0.2, 0.25) is 0 Å². The average Bonchev–Trinajstić information content (AvgIpc) is 3.23. The van der Waals surface area contributed by atoms with Gasteiger partial charge in [0, 0.05) is 15.2 Å². The molecule has 3 aromatic carbocycles. The third-order valence-corrected chi connectivity index (χ3v) is 6.91. The third kappa shape index (κ3) is 6.09. The zero-order valence-electron chi connectivity index (χ0n) is 17.4. The fourth-order valence-corrected chi connectivity index (χ4v) is 4.70. The van der Waals surface area contributed by atoms with Crippen molar-refractivity contribution in [3.8, 4) is 5.69 Å². The van der Waals surface area contributed by atoms with Crippen molar-refractivity contribution in [1.82, 2.24) is 20.1 Å². The second-order valence-corrected chi connectivity index (χ2v) is 9.67. The molecule has 34 heavy (non-hydrogen) atoms. The highest BCUT2D eigenvalue weighted by Gasteiger charge is 2.18. The number of rotatable bonds is 7. The predicted molar refractivity (Wildman–Crippen MR) is 137 cm³/mol. The molecule has 0 saturated heterocycles. The average molecular weight is 581 g/mol. The quantitative estimate of drug-likeness (QED) is 0.229. The van der Waals surface area contributed by atoms with Crippen molar-refractivity contribution in [2.24, 2.45) is 0 Å². The smallest absolute Gasteiger partial charge is 0.319 e. The number of urea groups is 1. The van der Waals surface area contributed by atoms with E-state index in [9.17, 15) is 9.18 Å². The number of hydrogen-bond donors (Lipinski definition) is 2. The fraction of sp³-hybridized carbons (Fsp3) is 0.0870. The second-order valence-electron chi connectivity index (χ2n) is 7.03. The Morgan fingerprint density at radius 1 is 1.06 bits per heavy atom. The third-order valence-electron chi connectivity index (χ3n) is 4.66. The van der Waals surface area contributed by atoms with E-state index in [1.165, 1.54) is 23.9 Å². The Bertz CT molecular complexity index is 1320.